The summed E-state index contributed by atoms with van der Waals surface area (Å²) in [4.78, 5) is 46.5. The van der Waals surface area contributed by atoms with Crippen LogP contribution >= 0.6 is 0 Å². The van der Waals surface area contributed by atoms with E-state index in [4.69, 9.17) is 0 Å². The number of aromatic nitrogens is 6. The molecule has 2 aromatic heterocycles. The van der Waals surface area contributed by atoms with E-state index in [1.165, 1.54) is 0 Å². The third-order valence-corrected chi connectivity index (χ3v) is 2.47. The molecule has 2 aromatic rings. The fraction of sp³-hybridized carbons (Fsp3) is 0.333. The Morgan fingerprint density at radius 3 is 1.35 bits per heavy atom. The lowest BCUT2D eigenvalue weighted by molar-refractivity contribution is -0.420. The van der Waals surface area contributed by atoms with Crippen LogP contribution in [0.2, 0.25) is 0 Å². The first-order chi connectivity index (χ1) is 12.2. The van der Waals surface area contributed by atoms with Crippen LogP contribution < -0.4 is 0 Å². The molecule has 138 valence electrons. The van der Waals surface area contributed by atoms with Crippen LogP contribution in [0.5, 0.6) is 0 Å². The Labute approximate surface area is 139 Å². The SMILES string of the molecule is O=[N+]([O-])[N-]c1nc([N+](=O)[O-])nn1CCn1nc([N+](=O)[O-])nc1[N-][N+](=O)[O-]. The first kappa shape index (κ1) is 17.8. The van der Waals surface area contributed by atoms with E-state index in [9.17, 15) is 40.5 Å². The summed E-state index contributed by atoms with van der Waals surface area (Å²) >= 11 is 0. The van der Waals surface area contributed by atoms with Crippen molar-refractivity contribution in [3.8, 4) is 0 Å². The second-order valence-electron chi connectivity index (χ2n) is 4.06. The molecule has 0 unspecified atom stereocenters. The summed E-state index contributed by atoms with van der Waals surface area (Å²) in [6.07, 6.45) is 0. The number of nitro groups is 4. The Bertz CT molecular complexity index is 812. The van der Waals surface area contributed by atoms with Gasteiger partial charge in [-0.1, -0.05) is 20.4 Å². The summed E-state index contributed by atoms with van der Waals surface area (Å²) < 4.78 is 1.29. The molecule has 0 aliphatic heterocycles. The average molecular weight is 372 g/mol. The minimum atomic E-state index is -1.17. The van der Waals surface area contributed by atoms with Crippen molar-refractivity contribution < 1.29 is 19.9 Å². The second-order valence-corrected chi connectivity index (χ2v) is 4.06. The molecule has 0 aliphatic rings. The Morgan fingerprint density at radius 1 is 0.731 bits per heavy atom. The van der Waals surface area contributed by atoms with Gasteiger partial charge in [0.15, 0.2) is 0 Å². The van der Waals surface area contributed by atoms with Crippen LogP contribution in [0.1, 0.15) is 0 Å². The van der Waals surface area contributed by atoms with E-state index < -0.39 is 56.8 Å². The van der Waals surface area contributed by atoms with Gasteiger partial charge in [0.05, 0.1) is 0 Å². The number of aryl methyl sites for hydroxylation is 2. The van der Waals surface area contributed by atoms with Gasteiger partial charge in [0.25, 0.3) is 5.95 Å². The van der Waals surface area contributed by atoms with Crippen molar-refractivity contribution >= 4 is 23.8 Å². The molecule has 20 nitrogen and oxygen atoms in total. The van der Waals surface area contributed by atoms with Crippen LogP contribution in [0.3, 0.4) is 0 Å². The third-order valence-electron chi connectivity index (χ3n) is 2.47. The molecule has 0 aliphatic carbocycles. The molecule has 0 saturated heterocycles. The van der Waals surface area contributed by atoms with E-state index in [1.54, 1.807) is 0 Å². The summed E-state index contributed by atoms with van der Waals surface area (Å²) in [7, 11) is 0. The summed E-state index contributed by atoms with van der Waals surface area (Å²) in [5.74, 6) is -3.43. The molecular formula is C6H4N12O8-2. The van der Waals surface area contributed by atoms with Gasteiger partial charge in [-0.3, -0.25) is 9.67 Å². The van der Waals surface area contributed by atoms with Crippen LogP contribution in [-0.2, 0) is 13.1 Å². The van der Waals surface area contributed by atoms with Crippen molar-refractivity contribution in [1.29, 1.82) is 0 Å². The molecule has 2 rings (SSSR count). The van der Waals surface area contributed by atoms with Crippen LogP contribution in [0, 0.1) is 40.5 Å². The highest BCUT2D eigenvalue weighted by molar-refractivity contribution is 5.32. The summed E-state index contributed by atoms with van der Waals surface area (Å²) in [6.45, 7) is -0.845. The van der Waals surface area contributed by atoms with Crippen LogP contribution in [-0.4, -0.2) is 49.4 Å². The van der Waals surface area contributed by atoms with E-state index >= 15 is 0 Å². The predicted molar refractivity (Wildman–Crippen MR) is 73.4 cm³/mol. The Kier molecular flexibility index (Phi) is 4.75. The second kappa shape index (κ2) is 6.93. The summed E-state index contributed by atoms with van der Waals surface area (Å²) in [5, 5.41) is 46.5. The molecule has 0 spiro atoms. The van der Waals surface area contributed by atoms with Gasteiger partial charge in [-0.05, 0) is 15.4 Å². The number of nitrogens with zero attached hydrogens (tertiary/aromatic N) is 12. The summed E-state index contributed by atoms with van der Waals surface area (Å²) in [5.41, 5.74) is 5.60. The van der Waals surface area contributed by atoms with Crippen LogP contribution in [0.4, 0.5) is 23.8 Å². The zero-order valence-electron chi connectivity index (χ0n) is 12.0. The molecule has 0 N–H and O–H groups in total. The van der Waals surface area contributed by atoms with E-state index in [-0.39, 0.29) is 0 Å². The van der Waals surface area contributed by atoms with Crippen LogP contribution in [0.25, 0.3) is 10.9 Å². The minimum absolute atomic E-state index is 0.422. The molecule has 0 radical (unpaired) electrons. The molecule has 0 atom stereocenters. The highest BCUT2D eigenvalue weighted by Gasteiger charge is 2.20. The topological polar surface area (TPSA) is 262 Å². The van der Waals surface area contributed by atoms with Gasteiger partial charge in [-0.15, -0.1) is 0 Å². The molecule has 0 bridgehead atoms. The monoisotopic (exact) mass is 372 g/mol. The molecule has 26 heavy (non-hydrogen) atoms. The Morgan fingerprint density at radius 2 is 1.08 bits per heavy atom. The molecule has 0 amide bonds. The minimum Gasteiger partial charge on any atom is -0.392 e. The van der Waals surface area contributed by atoms with Gasteiger partial charge in [0.1, 0.15) is 16.0 Å². The quantitative estimate of drug-likeness (QED) is 0.408. The van der Waals surface area contributed by atoms with Gasteiger partial charge in [-0.2, -0.15) is 0 Å². The maximum atomic E-state index is 10.6. The first-order valence-corrected chi connectivity index (χ1v) is 6.08. The average Bonchev–Trinajstić information content (AvgIpc) is 3.08. The lowest BCUT2D eigenvalue weighted by Crippen LogP contribution is -2.11. The van der Waals surface area contributed by atoms with E-state index in [1.807, 2.05) is 0 Å². The Hall–Kier alpha value is -4.52. The first-order valence-electron chi connectivity index (χ1n) is 6.08. The highest BCUT2D eigenvalue weighted by Crippen LogP contribution is 2.21. The molecule has 0 fully saturated rings. The normalized spacial score (nSPS) is 10.3. The van der Waals surface area contributed by atoms with Gasteiger partial charge in [0.2, 0.25) is 0 Å². The van der Waals surface area contributed by atoms with Crippen molar-refractivity contribution in [2.45, 2.75) is 13.1 Å². The smallest absolute Gasteiger partial charge is 0.392 e. The summed E-state index contributed by atoms with van der Waals surface area (Å²) in [6, 6.07) is 0. The lowest BCUT2D eigenvalue weighted by atomic mass is 10.6. The van der Waals surface area contributed by atoms with Crippen molar-refractivity contribution in [3.05, 3.63) is 51.3 Å². The number of rotatable bonds is 9. The molecule has 0 aromatic carbocycles. The largest absolute Gasteiger partial charge is 0.478 e. The fourth-order valence-corrected chi connectivity index (χ4v) is 1.58. The van der Waals surface area contributed by atoms with E-state index in [0.717, 1.165) is 0 Å². The van der Waals surface area contributed by atoms with Crippen molar-refractivity contribution in [2.75, 3.05) is 0 Å². The number of hydrogen-bond acceptors (Lipinski definition) is 12. The maximum Gasteiger partial charge on any atom is 0.478 e. The zero-order chi connectivity index (χ0) is 19.4. The van der Waals surface area contributed by atoms with Crippen molar-refractivity contribution in [1.82, 2.24) is 29.5 Å². The van der Waals surface area contributed by atoms with Gasteiger partial charge in [-0.25, -0.2) is 24.9 Å². The molecule has 2 heterocycles. The van der Waals surface area contributed by atoms with E-state index in [2.05, 4.69) is 31.0 Å². The lowest BCUT2D eigenvalue weighted by Gasteiger charge is -2.08. The van der Waals surface area contributed by atoms with E-state index in [0.29, 0.717) is 9.36 Å². The molecule has 20 heteroatoms. The zero-order valence-corrected chi connectivity index (χ0v) is 12.0. The predicted octanol–water partition coefficient (Wildman–Crippen LogP) is -0.220. The van der Waals surface area contributed by atoms with Gasteiger partial charge >= 0.3 is 11.9 Å². The Balaban J connectivity index is 2.27. The molecule has 0 saturated carbocycles. The number of hydrogen-bond donors (Lipinski definition) is 0. The van der Waals surface area contributed by atoms with Crippen LogP contribution in [0.15, 0.2) is 0 Å². The fourth-order valence-electron chi connectivity index (χ4n) is 1.58. The van der Waals surface area contributed by atoms with Crippen molar-refractivity contribution in [3.63, 3.8) is 0 Å². The van der Waals surface area contributed by atoms with Gasteiger partial charge in [0, 0.05) is 13.1 Å². The highest BCUT2D eigenvalue weighted by atomic mass is 16.7. The maximum absolute atomic E-state index is 10.6. The van der Waals surface area contributed by atoms with Gasteiger partial charge < -0.3 is 20.2 Å². The molecular weight excluding hydrogens is 368 g/mol. The standard InChI is InChI=1S/C6H4N12O8/c19-15(20)5-7-3(11-17(23)24)13(9-5)1-2-14-4(12-18(25)26)8-6(10-14)16(21)22/h1-2H2/q-2. The van der Waals surface area contributed by atoms with Crippen molar-refractivity contribution in [2.24, 2.45) is 0 Å². The third kappa shape index (κ3) is 4.06.